The monoisotopic (exact) mass is 330 g/mol. The zero-order valence-corrected chi connectivity index (χ0v) is 14.1. The number of piperazine rings is 1. The Balaban J connectivity index is 1.96. The van der Waals surface area contributed by atoms with Crippen LogP contribution < -0.4 is 0 Å². The first-order valence-electron chi connectivity index (χ1n) is 7.39. The molecule has 2 saturated heterocycles. The van der Waals surface area contributed by atoms with Crippen LogP contribution in [0.15, 0.2) is 10.3 Å². The molecule has 0 radical (unpaired) electrons. The van der Waals surface area contributed by atoms with Crippen LogP contribution in [-0.4, -0.2) is 54.4 Å². The van der Waals surface area contributed by atoms with Crippen molar-refractivity contribution in [2.24, 2.45) is 0 Å². The van der Waals surface area contributed by atoms with Gasteiger partial charge in [0.15, 0.2) is 0 Å². The number of fused-ring (bicyclic) bond motifs is 1. The third kappa shape index (κ3) is 2.55. The number of rotatable bonds is 3. The normalized spacial score (nSPS) is 28.0. The van der Waals surface area contributed by atoms with Crippen molar-refractivity contribution in [3.05, 3.63) is 15.8 Å². The van der Waals surface area contributed by atoms with Crippen molar-refractivity contribution in [3.63, 3.8) is 0 Å². The molecule has 0 saturated carbocycles. The molecule has 2 atom stereocenters. The summed E-state index contributed by atoms with van der Waals surface area (Å²) in [6.07, 6.45) is 2.23. The van der Waals surface area contributed by atoms with Gasteiger partial charge in [0.25, 0.3) is 0 Å². The number of nitrogens with zero attached hydrogens (tertiary/aromatic N) is 2. The van der Waals surface area contributed by atoms with Gasteiger partial charge in [-0.15, -0.1) is 11.3 Å². The molecule has 118 valence electrons. The van der Waals surface area contributed by atoms with E-state index in [-0.39, 0.29) is 12.6 Å². The minimum Gasteiger partial charge on any atom is -0.391 e. The first-order chi connectivity index (χ1) is 9.95. The molecule has 5 nitrogen and oxygen atoms in total. The van der Waals surface area contributed by atoms with Gasteiger partial charge in [-0.2, -0.15) is 4.31 Å². The van der Waals surface area contributed by atoms with Crippen molar-refractivity contribution in [1.29, 1.82) is 0 Å². The van der Waals surface area contributed by atoms with Crippen LogP contribution in [0.25, 0.3) is 0 Å². The van der Waals surface area contributed by atoms with Crippen molar-refractivity contribution in [1.82, 2.24) is 9.21 Å². The topological polar surface area (TPSA) is 60.9 Å². The maximum atomic E-state index is 13.1. The van der Waals surface area contributed by atoms with Crippen molar-refractivity contribution < 1.29 is 13.5 Å². The van der Waals surface area contributed by atoms with Crippen LogP contribution in [0.1, 0.15) is 30.2 Å². The number of aryl methyl sites for hydroxylation is 1. The summed E-state index contributed by atoms with van der Waals surface area (Å²) in [4.78, 5) is 3.28. The van der Waals surface area contributed by atoms with E-state index in [9.17, 15) is 13.5 Å². The molecule has 0 amide bonds. The molecule has 2 unspecified atom stereocenters. The summed E-state index contributed by atoms with van der Waals surface area (Å²) in [5.41, 5.74) is 0.741. The van der Waals surface area contributed by atoms with E-state index in [1.165, 1.54) is 11.3 Å². The van der Waals surface area contributed by atoms with Gasteiger partial charge in [0, 0.05) is 25.2 Å². The summed E-state index contributed by atoms with van der Waals surface area (Å²) in [5, 5.41) is 11.2. The Hall–Kier alpha value is -0.470. The first-order valence-corrected chi connectivity index (χ1v) is 9.71. The van der Waals surface area contributed by atoms with Crippen molar-refractivity contribution in [2.75, 3.05) is 19.6 Å². The van der Waals surface area contributed by atoms with Gasteiger partial charge in [-0.3, -0.25) is 4.90 Å². The second-order valence-corrected chi connectivity index (χ2v) is 8.84. The molecule has 3 rings (SSSR count). The number of aliphatic hydroxyl groups is 1. The molecule has 0 spiro atoms. The average molecular weight is 330 g/mol. The maximum Gasteiger partial charge on any atom is 0.244 e. The zero-order chi connectivity index (χ0) is 15.2. The highest BCUT2D eigenvalue weighted by Crippen LogP contribution is 2.34. The van der Waals surface area contributed by atoms with Crippen LogP contribution in [0.2, 0.25) is 0 Å². The fourth-order valence-electron chi connectivity index (χ4n) is 3.56. The van der Waals surface area contributed by atoms with Crippen LogP contribution in [0, 0.1) is 6.92 Å². The molecule has 1 N–H and O–H groups in total. The molecular formula is C14H22N2O3S2. The van der Waals surface area contributed by atoms with Gasteiger partial charge in [-0.1, -0.05) is 0 Å². The number of thiophene rings is 1. The lowest BCUT2D eigenvalue weighted by molar-refractivity contribution is 0.117. The minimum absolute atomic E-state index is 0.0183. The lowest BCUT2D eigenvalue weighted by atomic mass is 10.1. The largest absolute Gasteiger partial charge is 0.391 e. The zero-order valence-electron chi connectivity index (χ0n) is 12.4. The number of hydrogen-bond acceptors (Lipinski definition) is 5. The van der Waals surface area contributed by atoms with Crippen molar-refractivity contribution >= 4 is 21.4 Å². The summed E-state index contributed by atoms with van der Waals surface area (Å²) in [6.45, 7) is 6.03. The van der Waals surface area contributed by atoms with Crippen molar-refractivity contribution in [2.45, 2.75) is 50.3 Å². The second-order valence-electron chi connectivity index (χ2n) is 6.04. The second kappa shape index (κ2) is 5.62. The standard InChI is InChI=1S/C14H22N2O3S2/c1-10-9-20-13(8-17)14(10)21(18,19)16-7-12-4-3-5-15(12)6-11(16)2/h9,11-12,17H,3-8H2,1-2H3. The van der Waals surface area contributed by atoms with Gasteiger partial charge < -0.3 is 5.11 Å². The highest BCUT2D eigenvalue weighted by atomic mass is 32.2. The van der Waals surface area contributed by atoms with Crippen LogP contribution in [0.3, 0.4) is 0 Å². The van der Waals surface area contributed by atoms with Crippen molar-refractivity contribution in [3.8, 4) is 0 Å². The Morgan fingerprint density at radius 1 is 1.43 bits per heavy atom. The first kappa shape index (κ1) is 15.4. The van der Waals surface area contributed by atoms with Gasteiger partial charge in [0.1, 0.15) is 4.90 Å². The van der Waals surface area contributed by atoms with E-state index in [4.69, 9.17) is 0 Å². The number of aliphatic hydroxyl groups excluding tert-OH is 1. The number of hydrogen-bond donors (Lipinski definition) is 1. The fraction of sp³-hybridized carbons (Fsp3) is 0.714. The van der Waals surface area contributed by atoms with Gasteiger partial charge in [0.2, 0.25) is 10.0 Å². The maximum absolute atomic E-state index is 13.1. The molecule has 2 aliphatic heterocycles. The fourth-order valence-corrected chi connectivity index (χ4v) is 6.83. The van der Waals surface area contributed by atoms with Crippen LogP contribution in [0.5, 0.6) is 0 Å². The molecule has 2 aliphatic rings. The molecular weight excluding hydrogens is 308 g/mol. The predicted molar refractivity (Wildman–Crippen MR) is 82.9 cm³/mol. The predicted octanol–water partition coefficient (Wildman–Crippen LogP) is 1.41. The van der Waals surface area contributed by atoms with Gasteiger partial charge in [-0.05, 0) is 44.2 Å². The Morgan fingerprint density at radius 3 is 2.90 bits per heavy atom. The van der Waals surface area contributed by atoms with Gasteiger partial charge in [-0.25, -0.2) is 8.42 Å². The third-order valence-corrected chi connectivity index (χ3v) is 8.01. The van der Waals surface area contributed by atoms with E-state index >= 15 is 0 Å². The summed E-state index contributed by atoms with van der Waals surface area (Å²) in [5.74, 6) is 0. The van der Waals surface area contributed by atoms with E-state index in [1.807, 2.05) is 12.3 Å². The van der Waals surface area contributed by atoms with Crippen LogP contribution in [0.4, 0.5) is 0 Å². The smallest absolute Gasteiger partial charge is 0.244 e. The summed E-state index contributed by atoms with van der Waals surface area (Å²) in [6, 6.07) is 0.336. The quantitative estimate of drug-likeness (QED) is 0.910. The van der Waals surface area contributed by atoms with Gasteiger partial charge >= 0.3 is 0 Å². The molecule has 0 aliphatic carbocycles. The SMILES string of the molecule is Cc1csc(CO)c1S(=O)(=O)N1CC2CCCN2CC1C. The lowest BCUT2D eigenvalue weighted by Crippen LogP contribution is -2.56. The summed E-state index contributed by atoms with van der Waals surface area (Å²) < 4.78 is 27.7. The van der Waals surface area contributed by atoms with Crippen LogP contribution >= 0.6 is 11.3 Å². The third-order valence-electron chi connectivity index (χ3n) is 4.58. The lowest BCUT2D eigenvalue weighted by Gasteiger charge is -2.41. The molecule has 0 aromatic carbocycles. The Bertz CT molecular complexity index is 626. The minimum atomic E-state index is -3.52. The van der Waals surface area contributed by atoms with E-state index < -0.39 is 10.0 Å². The molecule has 7 heteroatoms. The summed E-state index contributed by atoms with van der Waals surface area (Å²) in [7, 11) is -3.52. The Morgan fingerprint density at radius 2 is 2.19 bits per heavy atom. The highest BCUT2D eigenvalue weighted by molar-refractivity contribution is 7.89. The molecule has 2 fully saturated rings. The molecule has 1 aromatic heterocycles. The Labute approximate surface area is 130 Å². The molecule has 1 aromatic rings. The Kier molecular flexibility index (Phi) is 4.13. The average Bonchev–Trinajstić information content (AvgIpc) is 3.03. The van der Waals surface area contributed by atoms with Gasteiger partial charge in [0.05, 0.1) is 11.5 Å². The van der Waals surface area contributed by atoms with E-state index in [0.717, 1.165) is 31.5 Å². The highest BCUT2D eigenvalue weighted by Gasteiger charge is 2.41. The van der Waals surface area contributed by atoms with E-state index in [1.54, 1.807) is 11.2 Å². The van der Waals surface area contributed by atoms with E-state index in [0.29, 0.717) is 22.4 Å². The van der Waals surface area contributed by atoms with E-state index in [2.05, 4.69) is 4.90 Å². The molecule has 21 heavy (non-hydrogen) atoms. The summed E-state index contributed by atoms with van der Waals surface area (Å²) >= 11 is 1.32. The molecule has 0 bridgehead atoms. The number of sulfonamides is 1. The van der Waals surface area contributed by atoms with Crippen LogP contribution in [-0.2, 0) is 16.6 Å². The molecule has 3 heterocycles.